The summed E-state index contributed by atoms with van der Waals surface area (Å²) in [6.45, 7) is 3.17. The molecule has 130 valence electrons. The number of ether oxygens (including phenoxy) is 3. The molecule has 2 saturated heterocycles. The van der Waals surface area contributed by atoms with Crippen LogP contribution in [-0.4, -0.2) is 54.1 Å². The molecule has 0 N–H and O–H groups in total. The third kappa shape index (κ3) is 3.42. The summed E-state index contributed by atoms with van der Waals surface area (Å²) >= 11 is 0. The van der Waals surface area contributed by atoms with E-state index in [9.17, 15) is 14.0 Å². The summed E-state index contributed by atoms with van der Waals surface area (Å²) in [5.41, 5.74) is 1.02. The summed E-state index contributed by atoms with van der Waals surface area (Å²) in [4.78, 5) is 24.6. The van der Waals surface area contributed by atoms with Crippen molar-refractivity contribution < 1.29 is 28.2 Å². The molecule has 6 nitrogen and oxygen atoms in total. The van der Waals surface area contributed by atoms with E-state index < -0.39 is 42.7 Å². The Balaban J connectivity index is 1.82. The van der Waals surface area contributed by atoms with Gasteiger partial charge in [-0.2, -0.15) is 0 Å². The molecule has 0 amide bonds. The first-order chi connectivity index (χ1) is 11.5. The van der Waals surface area contributed by atoms with Crippen molar-refractivity contribution in [1.82, 2.24) is 4.90 Å². The van der Waals surface area contributed by atoms with Crippen LogP contribution in [0.25, 0.3) is 0 Å². The zero-order valence-corrected chi connectivity index (χ0v) is 13.6. The van der Waals surface area contributed by atoms with Gasteiger partial charge in [-0.05, 0) is 5.56 Å². The zero-order chi connectivity index (χ0) is 17.3. The molecule has 24 heavy (non-hydrogen) atoms. The molecule has 0 aromatic heterocycles. The molecule has 7 heteroatoms. The van der Waals surface area contributed by atoms with Crippen molar-refractivity contribution in [3.63, 3.8) is 0 Å². The number of esters is 2. The number of nitrogens with zero attached hydrogens (tertiary/aromatic N) is 1. The highest BCUT2D eigenvalue weighted by Gasteiger charge is 2.58. The maximum atomic E-state index is 14.4. The number of benzene rings is 1. The average molecular weight is 337 g/mol. The Morgan fingerprint density at radius 2 is 1.88 bits per heavy atom. The van der Waals surface area contributed by atoms with Crippen LogP contribution in [0.3, 0.4) is 0 Å². The maximum absolute atomic E-state index is 14.4. The van der Waals surface area contributed by atoms with Crippen LogP contribution in [0.15, 0.2) is 30.3 Å². The van der Waals surface area contributed by atoms with Gasteiger partial charge in [-0.3, -0.25) is 14.5 Å². The average Bonchev–Trinajstić information content (AvgIpc) is 2.99. The lowest BCUT2D eigenvalue weighted by atomic mass is 10.1. The van der Waals surface area contributed by atoms with Crippen LogP contribution in [-0.2, 0) is 30.3 Å². The maximum Gasteiger partial charge on any atom is 0.305 e. The van der Waals surface area contributed by atoms with Crippen LogP contribution in [0, 0.1) is 0 Å². The lowest BCUT2D eigenvalue weighted by molar-refractivity contribution is -0.198. The molecule has 0 radical (unpaired) electrons. The number of likely N-dealkylation sites (tertiary alicyclic amines) is 1. The van der Waals surface area contributed by atoms with Crippen LogP contribution in [0.1, 0.15) is 19.4 Å². The number of rotatable bonds is 4. The number of hydrogen-bond acceptors (Lipinski definition) is 6. The second kappa shape index (κ2) is 6.86. The van der Waals surface area contributed by atoms with Gasteiger partial charge in [0.15, 0.2) is 6.10 Å². The number of carbonyl (C=O) groups is 2. The second-order valence-electron chi connectivity index (χ2n) is 6.07. The summed E-state index contributed by atoms with van der Waals surface area (Å²) in [7, 11) is 0. The van der Waals surface area contributed by atoms with E-state index in [0.29, 0.717) is 6.54 Å². The molecule has 2 aliphatic rings. The smallest absolute Gasteiger partial charge is 0.305 e. The normalized spacial score (nSPS) is 32.4. The van der Waals surface area contributed by atoms with Crippen molar-refractivity contribution in [3.8, 4) is 0 Å². The first-order valence-electron chi connectivity index (χ1n) is 7.87. The first kappa shape index (κ1) is 16.9. The molecule has 2 heterocycles. The standard InChI is InChI=1S/C17H20FNO5/c1-10(20)22-16-14-15(24-17(16)23-11(2)21)13(18)9-19(14)8-12-6-4-3-5-7-12/h3-7,13-17H,8-9H2,1-2H3/t13-,14?,15-,16-,17+/m1/s1. The summed E-state index contributed by atoms with van der Waals surface area (Å²) in [6, 6.07) is 9.12. The molecule has 3 rings (SSSR count). The minimum Gasteiger partial charge on any atom is -0.454 e. The fourth-order valence-corrected chi connectivity index (χ4v) is 3.39. The highest BCUT2D eigenvalue weighted by molar-refractivity contribution is 5.67. The first-order valence-corrected chi connectivity index (χ1v) is 7.87. The molecule has 1 unspecified atom stereocenters. The van der Waals surface area contributed by atoms with E-state index in [1.165, 1.54) is 13.8 Å². The molecule has 0 spiro atoms. The molecule has 2 fully saturated rings. The molecule has 1 aromatic carbocycles. The van der Waals surface area contributed by atoms with Gasteiger partial charge in [0, 0.05) is 26.9 Å². The number of fused-ring (bicyclic) bond motifs is 1. The van der Waals surface area contributed by atoms with Crippen LogP contribution in [0.2, 0.25) is 0 Å². The van der Waals surface area contributed by atoms with E-state index in [-0.39, 0.29) is 6.54 Å². The van der Waals surface area contributed by atoms with Crippen LogP contribution < -0.4 is 0 Å². The van der Waals surface area contributed by atoms with E-state index in [2.05, 4.69) is 0 Å². The molecule has 1 aromatic rings. The number of halogens is 1. The summed E-state index contributed by atoms with van der Waals surface area (Å²) in [5.74, 6) is -1.09. The third-order valence-corrected chi connectivity index (χ3v) is 4.23. The van der Waals surface area contributed by atoms with Crippen molar-refractivity contribution in [1.29, 1.82) is 0 Å². The minimum atomic E-state index is -1.24. The van der Waals surface area contributed by atoms with E-state index in [1.807, 2.05) is 35.2 Å². The predicted molar refractivity (Wildman–Crippen MR) is 81.5 cm³/mol. The topological polar surface area (TPSA) is 65.1 Å². The zero-order valence-electron chi connectivity index (χ0n) is 13.6. The Labute approximate surface area is 139 Å². The Morgan fingerprint density at radius 3 is 2.50 bits per heavy atom. The third-order valence-electron chi connectivity index (χ3n) is 4.23. The Bertz CT molecular complexity index is 610. The van der Waals surface area contributed by atoms with E-state index in [0.717, 1.165) is 5.56 Å². The van der Waals surface area contributed by atoms with Gasteiger partial charge in [0.1, 0.15) is 12.3 Å². The molecule has 0 bridgehead atoms. The van der Waals surface area contributed by atoms with Crippen LogP contribution >= 0.6 is 0 Å². The monoisotopic (exact) mass is 337 g/mol. The molecule has 5 atom stereocenters. The Morgan fingerprint density at radius 1 is 1.21 bits per heavy atom. The van der Waals surface area contributed by atoms with E-state index >= 15 is 0 Å². The largest absolute Gasteiger partial charge is 0.454 e. The van der Waals surface area contributed by atoms with Crippen molar-refractivity contribution in [2.24, 2.45) is 0 Å². The number of hydrogen-bond donors (Lipinski definition) is 0. The van der Waals surface area contributed by atoms with Gasteiger partial charge in [0.25, 0.3) is 0 Å². The SMILES string of the molecule is CC(=O)O[C@H]1O[C@H]2C([C@H]1OC(C)=O)N(Cc1ccccc1)C[C@H]2F. The lowest BCUT2D eigenvalue weighted by Crippen LogP contribution is -2.45. The van der Waals surface area contributed by atoms with Gasteiger partial charge in [-0.15, -0.1) is 0 Å². The van der Waals surface area contributed by atoms with Crippen LogP contribution in [0.4, 0.5) is 4.39 Å². The Kier molecular flexibility index (Phi) is 4.82. The van der Waals surface area contributed by atoms with Crippen molar-refractivity contribution in [2.75, 3.05) is 6.54 Å². The van der Waals surface area contributed by atoms with E-state index in [1.54, 1.807) is 0 Å². The van der Waals surface area contributed by atoms with Gasteiger partial charge >= 0.3 is 11.9 Å². The molecule has 2 aliphatic heterocycles. The lowest BCUT2D eigenvalue weighted by Gasteiger charge is -2.28. The van der Waals surface area contributed by atoms with E-state index in [4.69, 9.17) is 14.2 Å². The fraction of sp³-hybridized carbons (Fsp3) is 0.529. The van der Waals surface area contributed by atoms with Gasteiger partial charge in [0.2, 0.25) is 6.29 Å². The summed E-state index contributed by atoms with van der Waals surface area (Å²) in [6.07, 6.45) is -3.96. The van der Waals surface area contributed by atoms with Gasteiger partial charge in [0.05, 0.1) is 6.04 Å². The second-order valence-corrected chi connectivity index (χ2v) is 6.07. The quantitative estimate of drug-likeness (QED) is 0.775. The van der Waals surface area contributed by atoms with Crippen molar-refractivity contribution >= 4 is 11.9 Å². The number of alkyl halides is 1. The molecule has 0 aliphatic carbocycles. The fourth-order valence-electron chi connectivity index (χ4n) is 3.39. The Hall–Kier alpha value is -1.99. The van der Waals surface area contributed by atoms with Gasteiger partial charge in [-0.1, -0.05) is 30.3 Å². The molecule has 0 saturated carbocycles. The highest BCUT2D eigenvalue weighted by Crippen LogP contribution is 2.38. The number of carbonyl (C=O) groups excluding carboxylic acids is 2. The predicted octanol–water partition coefficient (Wildman–Crippen LogP) is 1.43. The summed E-state index contributed by atoms with van der Waals surface area (Å²) in [5, 5.41) is 0. The minimum absolute atomic E-state index is 0.175. The van der Waals surface area contributed by atoms with Gasteiger partial charge < -0.3 is 14.2 Å². The van der Waals surface area contributed by atoms with Crippen molar-refractivity contribution in [2.45, 2.75) is 51.1 Å². The van der Waals surface area contributed by atoms with Gasteiger partial charge in [-0.25, -0.2) is 4.39 Å². The van der Waals surface area contributed by atoms with Crippen molar-refractivity contribution in [3.05, 3.63) is 35.9 Å². The summed E-state index contributed by atoms with van der Waals surface area (Å²) < 4.78 is 30.3. The molecular formula is C17H20FNO5. The molecular weight excluding hydrogens is 317 g/mol. The van der Waals surface area contributed by atoms with Crippen LogP contribution in [0.5, 0.6) is 0 Å². The highest BCUT2D eigenvalue weighted by atomic mass is 19.1.